The molecule has 0 heterocycles. The first-order valence-electron chi connectivity index (χ1n) is 9.13. The molecule has 0 aromatic heterocycles. The standard InChI is InChI=1S/C21H26N2O5/c1-3-27-13-14-28-19-10-5-4-9-18(19)21(25)23-17-8-6-7-16(15-17)20(24)22-11-12-26-2/h4-10,15H,3,11-14H2,1-2H3,(H,22,24)(H,23,25). The SMILES string of the molecule is CCOCCOc1ccccc1C(=O)Nc1cccc(C(=O)NCCOC)c1. The Morgan fingerprint density at radius 1 is 0.964 bits per heavy atom. The molecule has 2 amide bonds. The second kappa shape index (κ2) is 11.7. The van der Waals surface area contributed by atoms with Crippen LogP contribution >= 0.6 is 0 Å². The average Bonchev–Trinajstić information content (AvgIpc) is 2.72. The van der Waals surface area contributed by atoms with Gasteiger partial charge in [0.25, 0.3) is 11.8 Å². The Labute approximate surface area is 165 Å². The lowest BCUT2D eigenvalue weighted by atomic mass is 10.1. The number of methoxy groups -OCH3 is 1. The van der Waals surface area contributed by atoms with Crippen LogP contribution in [0.3, 0.4) is 0 Å². The van der Waals surface area contributed by atoms with Crippen molar-refractivity contribution in [2.75, 3.05) is 45.4 Å². The number of anilines is 1. The monoisotopic (exact) mass is 386 g/mol. The van der Waals surface area contributed by atoms with Gasteiger partial charge in [-0.15, -0.1) is 0 Å². The van der Waals surface area contributed by atoms with Crippen molar-refractivity contribution in [3.05, 3.63) is 59.7 Å². The van der Waals surface area contributed by atoms with Gasteiger partial charge in [-0.25, -0.2) is 0 Å². The van der Waals surface area contributed by atoms with Gasteiger partial charge in [-0.05, 0) is 37.3 Å². The predicted molar refractivity (Wildman–Crippen MR) is 107 cm³/mol. The molecule has 28 heavy (non-hydrogen) atoms. The molecule has 2 rings (SSSR count). The highest BCUT2D eigenvalue weighted by Gasteiger charge is 2.13. The van der Waals surface area contributed by atoms with Gasteiger partial charge in [0, 0.05) is 31.5 Å². The number of para-hydroxylation sites is 1. The summed E-state index contributed by atoms with van der Waals surface area (Å²) in [6.45, 7) is 4.18. The van der Waals surface area contributed by atoms with Crippen molar-refractivity contribution in [3.63, 3.8) is 0 Å². The molecule has 0 saturated carbocycles. The molecule has 0 aliphatic rings. The van der Waals surface area contributed by atoms with Crippen LogP contribution in [0.25, 0.3) is 0 Å². The summed E-state index contributed by atoms with van der Waals surface area (Å²) < 4.78 is 15.8. The number of ether oxygens (including phenoxy) is 3. The Hall–Kier alpha value is -2.90. The van der Waals surface area contributed by atoms with Gasteiger partial charge in [-0.1, -0.05) is 18.2 Å². The fraction of sp³-hybridized carbons (Fsp3) is 0.333. The topological polar surface area (TPSA) is 85.9 Å². The Balaban J connectivity index is 2.03. The minimum atomic E-state index is -0.316. The number of carbonyl (C=O) groups excluding carboxylic acids is 2. The molecular formula is C21H26N2O5. The number of hydrogen-bond donors (Lipinski definition) is 2. The number of amides is 2. The fourth-order valence-electron chi connectivity index (χ4n) is 2.44. The van der Waals surface area contributed by atoms with E-state index in [-0.39, 0.29) is 11.8 Å². The van der Waals surface area contributed by atoms with Gasteiger partial charge in [0.2, 0.25) is 0 Å². The highest BCUT2D eigenvalue weighted by Crippen LogP contribution is 2.20. The molecule has 2 aromatic rings. The van der Waals surface area contributed by atoms with Crippen molar-refractivity contribution in [3.8, 4) is 5.75 Å². The second-order valence-electron chi connectivity index (χ2n) is 5.83. The molecule has 2 aromatic carbocycles. The van der Waals surface area contributed by atoms with Crippen LogP contribution in [0.4, 0.5) is 5.69 Å². The normalized spacial score (nSPS) is 10.4. The maximum absolute atomic E-state index is 12.7. The maximum Gasteiger partial charge on any atom is 0.259 e. The highest BCUT2D eigenvalue weighted by molar-refractivity contribution is 6.06. The summed E-state index contributed by atoms with van der Waals surface area (Å²) in [5.74, 6) is -0.0649. The zero-order valence-electron chi connectivity index (χ0n) is 16.2. The summed E-state index contributed by atoms with van der Waals surface area (Å²) in [5, 5.41) is 5.55. The van der Waals surface area contributed by atoms with Gasteiger partial charge >= 0.3 is 0 Å². The van der Waals surface area contributed by atoms with E-state index >= 15 is 0 Å². The van der Waals surface area contributed by atoms with Crippen molar-refractivity contribution in [2.24, 2.45) is 0 Å². The third kappa shape index (κ3) is 6.68. The molecular weight excluding hydrogens is 360 g/mol. The van der Waals surface area contributed by atoms with Gasteiger partial charge in [0.1, 0.15) is 12.4 Å². The molecule has 150 valence electrons. The number of nitrogens with one attached hydrogen (secondary N) is 2. The van der Waals surface area contributed by atoms with E-state index in [1.807, 2.05) is 6.92 Å². The molecule has 0 aliphatic heterocycles. The van der Waals surface area contributed by atoms with Crippen LogP contribution in [-0.2, 0) is 9.47 Å². The van der Waals surface area contributed by atoms with Crippen LogP contribution in [0, 0.1) is 0 Å². The van der Waals surface area contributed by atoms with E-state index in [0.29, 0.717) is 55.5 Å². The Kier molecular flexibility index (Phi) is 8.97. The lowest BCUT2D eigenvalue weighted by Crippen LogP contribution is -2.27. The van der Waals surface area contributed by atoms with E-state index in [1.54, 1.807) is 55.6 Å². The van der Waals surface area contributed by atoms with Crippen LogP contribution in [0.5, 0.6) is 5.75 Å². The molecule has 0 fully saturated rings. The Morgan fingerprint density at radius 3 is 2.57 bits per heavy atom. The summed E-state index contributed by atoms with van der Waals surface area (Å²) in [5.41, 5.74) is 1.39. The third-order valence-corrected chi connectivity index (χ3v) is 3.80. The molecule has 0 atom stereocenters. The van der Waals surface area contributed by atoms with Gasteiger partial charge in [0.15, 0.2) is 0 Å². The molecule has 0 aliphatic carbocycles. The van der Waals surface area contributed by atoms with E-state index in [2.05, 4.69) is 10.6 Å². The van der Waals surface area contributed by atoms with E-state index < -0.39 is 0 Å². The molecule has 2 N–H and O–H groups in total. The maximum atomic E-state index is 12.7. The number of benzene rings is 2. The smallest absolute Gasteiger partial charge is 0.259 e. The molecule has 0 radical (unpaired) electrons. The average molecular weight is 386 g/mol. The summed E-state index contributed by atoms with van der Waals surface area (Å²) in [7, 11) is 1.57. The molecule has 0 bridgehead atoms. The van der Waals surface area contributed by atoms with Crippen molar-refractivity contribution >= 4 is 17.5 Å². The van der Waals surface area contributed by atoms with Crippen LogP contribution < -0.4 is 15.4 Å². The van der Waals surface area contributed by atoms with Gasteiger partial charge < -0.3 is 24.8 Å². The zero-order valence-corrected chi connectivity index (χ0v) is 16.2. The van der Waals surface area contributed by atoms with Crippen molar-refractivity contribution in [1.82, 2.24) is 5.32 Å². The highest BCUT2D eigenvalue weighted by atomic mass is 16.5. The van der Waals surface area contributed by atoms with Crippen molar-refractivity contribution in [2.45, 2.75) is 6.92 Å². The van der Waals surface area contributed by atoms with E-state index in [1.165, 1.54) is 0 Å². The third-order valence-electron chi connectivity index (χ3n) is 3.80. The lowest BCUT2D eigenvalue weighted by molar-refractivity contribution is 0.0935. The summed E-state index contributed by atoms with van der Waals surface area (Å²) in [6, 6.07) is 13.7. The first-order valence-corrected chi connectivity index (χ1v) is 9.13. The lowest BCUT2D eigenvalue weighted by Gasteiger charge is -2.12. The Morgan fingerprint density at radius 2 is 1.79 bits per heavy atom. The van der Waals surface area contributed by atoms with Gasteiger partial charge in [-0.3, -0.25) is 9.59 Å². The first kappa shape index (κ1) is 21.4. The van der Waals surface area contributed by atoms with E-state index in [0.717, 1.165) is 0 Å². The van der Waals surface area contributed by atoms with Crippen LogP contribution in [0.2, 0.25) is 0 Å². The van der Waals surface area contributed by atoms with Crippen molar-refractivity contribution < 1.29 is 23.8 Å². The number of rotatable bonds is 11. The summed E-state index contributed by atoms with van der Waals surface area (Å²) >= 11 is 0. The first-order chi connectivity index (χ1) is 13.7. The van der Waals surface area contributed by atoms with Crippen LogP contribution in [0.1, 0.15) is 27.6 Å². The quantitative estimate of drug-likeness (QED) is 0.580. The predicted octanol–water partition coefficient (Wildman–Crippen LogP) is 2.73. The van der Waals surface area contributed by atoms with Crippen LogP contribution in [-0.4, -0.2) is 51.9 Å². The van der Waals surface area contributed by atoms with Crippen LogP contribution in [0.15, 0.2) is 48.5 Å². The molecule has 0 spiro atoms. The number of carbonyl (C=O) groups is 2. The fourth-order valence-corrected chi connectivity index (χ4v) is 2.44. The van der Waals surface area contributed by atoms with E-state index in [9.17, 15) is 9.59 Å². The molecule has 7 heteroatoms. The number of hydrogen-bond acceptors (Lipinski definition) is 5. The molecule has 0 saturated heterocycles. The van der Waals surface area contributed by atoms with Crippen molar-refractivity contribution in [1.29, 1.82) is 0 Å². The largest absolute Gasteiger partial charge is 0.490 e. The zero-order chi connectivity index (χ0) is 20.2. The minimum absolute atomic E-state index is 0.229. The summed E-state index contributed by atoms with van der Waals surface area (Å²) in [4.78, 5) is 24.8. The second-order valence-corrected chi connectivity index (χ2v) is 5.83. The van der Waals surface area contributed by atoms with Gasteiger partial charge in [0.05, 0.1) is 18.8 Å². The molecule has 7 nitrogen and oxygen atoms in total. The Bertz CT molecular complexity index is 779. The summed E-state index contributed by atoms with van der Waals surface area (Å²) in [6.07, 6.45) is 0. The van der Waals surface area contributed by atoms with Gasteiger partial charge in [-0.2, -0.15) is 0 Å². The molecule has 0 unspecified atom stereocenters. The van der Waals surface area contributed by atoms with E-state index in [4.69, 9.17) is 14.2 Å². The minimum Gasteiger partial charge on any atom is -0.490 e.